The molecule has 0 aromatic heterocycles. The third-order valence-electron chi connectivity index (χ3n) is 3.23. The van der Waals surface area contributed by atoms with Crippen LogP contribution >= 0.6 is 39.1 Å². The lowest BCUT2D eigenvalue weighted by Gasteiger charge is -2.25. The fourth-order valence-corrected chi connectivity index (χ4v) is 2.58. The normalized spacial score (nSPS) is 13.8. The molecule has 0 radical (unpaired) electrons. The second-order valence-electron chi connectivity index (χ2n) is 4.71. The van der Waals surface area contributed by atoms with Gasteiger partial charge in [-0.15, -0.1) is 0 Å². The van der Waals surface area contributed by atoms with Crippen molar-refractivity contribution in [1.29, 1.82) is 0 Å². The molecule has 0 heterocycles. The van der Waals surface area contributed by atoms with E-state index < -0.39 is 0 Å². The third kappa shape index (κ3) is 4.13. The number of ether oxygens (including phenoxy) is 1. The zero-order valence-electron chi connectivity index (χ0n) is 11.5. The quantitative estimate of drug-likeness (QED) is 0.721. The first-order chi connectivity index (χ1) is 10.0. The average molecular weight is 389 g/mol. The number of benzene rings is 2. The molecule has 5 heteroatoms. The molecule has 0 aliphatic carbocycles. The summed E-state index contributed by atoms with van der Waals surface area (Å²) in [6.07, 6.45) is 0.512. The largest absolute Gasteiger partial charge is 0.482 e. The van der Waals surface area contributed by atoms with Crippen LogP contribution in [-0.2, 0) is 0 Å². The van der Waals surface area contributed by atoms with Crippen molar-refractivity contribution in [2.24, 2.45) is 5.73 Å². The minimum atomic E-state index is -0.279. The highest BCUT2D eigenvalue weighted by Gasteiger charge is 2.22. The molecule has 0 fully saturated rings. The SMILES string of the molecule is CCC(N)C(Oc1cccc(Cl)c1Cl)c1ccc(Br)cc1. The Bertz CT molecular complexity index is 604. The highest BCUT2D eigenvalue weighted by atomic mass is 79.9. The molecule has 0 saturated heterocycles. The lowest BCUT2D eigenvalue weighted by molar-refractivity contribution is 0.171. The van der Waals surface area contributed by atoms with Crippen LogP contribution in [0.25, 0.3) is 0 Å². The van der Waals surface area contributed by atoms with Crippen molar-refractivity contribution in [2.75, 3.05) is 0 Å². The van der Waals surface area contributed by atoms with Gasteiger partial charge in [0.2, 0.25) is 0 Å². The maximum atomic E-state index is 6.21. The Hall–Kier alpha value is -0.740. The first kappa shape index (κ1) is 16.6. The van der Waals surface area contributed by atoms with Gasteiger partial charge in [0.25, 0.3) is 0 Å². The van der Waals surface area contributed by atoms with Gasteiger partial charge in [0, 0.05) is 10.5 Å². The topological polar surface area (TPSA) is 35.2 Å². The van der Waals surface area contributed by atoms with E-state index in [0.717, 1.165) is 16.5 Å². The molecule has 2 unspecified atom stereocenters. The zero-order chi connectivity index (χ0) is 15.4. The van der Waals surface area contributed by atoms with Crippen LogP contribution in [0.1, 0.15) is 25.0 Å². The first-order valence-electron chi connectivity index (χ1n) is 6.64. The van der Waals surface area contributed by atoms with E-state index in [-0.39, 0.29) is 12.1 Å². The van der Waals surface area contributed by atoms with Crippen molar-refractivity contribution >= 4 is 39.1 Å². The minimum absolute atomic E-state index is 0.138. The predicted molar refractivity (Wildman–Crippen MR) is 92.2 cm³/mol. The van der Waals surface area contributed by atoms with E-state index in [0.29, 0.717) is 15.8 Å². The summed E-state index contributed by atoms with van der Waals surface area (Å²) in [6, 6.07) is 13.1. The molecule has 0 spiro atoms. The van der Waals surface area contributed by atoms with Crippen molar-refractivity contribution in [1.82, 2.24) is 0 Å². The Morgan fingerprint density at radius 3 is 2.43 bits per heavy atom. The summed E-state index contributed by atoms with van der Waals surface area (Å²) >= 11 is 15.6. The monoisotopic (exact) mass is 387 g/mol. The van der Waals surface area contributed by atoms with Crippen molar-refractivity contribution in [2.45, 2.75) is 25.5 Å². The van der Waals surface area contributed by atoms with Crippen molar-refractivity contribution in [3.63, 3.8) is 0 Å². The maximum Gasteiger partial charge on any atom is 0.140 e. The van der Waals surface area contributed by atoms with E-state index in [1.165, 1.54) is 0 Å². The van der Waals surface area contributed by atoms with Gasteiger partial charge < -0.3 is 10.5 Å². The highest BCUT2D eigenvalue weighted by molar-refractivity contribution is 9.10. The van der Waals surface area contributed by atoms with Crippen LogP contribution in [0.4, 0.5) is 0 Å². The number of rotatable bonds is 5. The summed E-state index contributed by atoms with van der Waals surface area (Å²) < 4.78 is 7.06. The summed E-state index contributed by atoms with van der Waals surface area (Å²) in [5, 5.41) is 0.873. The summed E-state index contributed by atoms with van der Waals surface area (Å²) in [5.74, 6) is 0.543. The van der Waals surface area contributed by atoms with Crippen LogP contribution in [0.3, 0.4) is 0 Å². The molecule has 2 nitrogen and oxygen atoms in total. The molecule has 112 valence electrons. The molecule has 2 rings (SSSR count). The van der Waals surface area contributed by atoms with Crippen LogP contribution in [0.15, 0.2) is 46.9 Å². The molecular formula is C16H16BrCl2NO. The first-order valence-corrected chi connectivity index (χ1v) is 8.19. The maximum absolute atomic E-state index is 6.21. The zero-order valence-corrected chi connectivity index (χ0v) is 14.6. The molecule has 0 aliphatic rings. The van der Waals surface area contributed by atoms with Crippen molar-refractivity contribution in [3.05, 3.63) is 62.5 Å². The number of hydrogen-bond donors (Lipinski definition) is 1. The molecular weight excluding hydrogens is 373 g/mol. The summed E-state index contributed by atoms with van der Waals surface area (Å²) in [4.78, 5) is 0. The van der Waals surface area contributed by atoms with Crippen LogP contribution in [-0.4, -0.2) is 6.04 Å². The molecule has 0 saturated carbocycles. The van der Waals surface area contributed by atoms with Gasteiger partial charge in [-0.1, -0.05) is 64.3 Å². The van der Waals surface area contributed by atoms with Gasteiger partial charge in [0.1, 0.15) is 16.9 Å². The molecule has 2 atom stereocenters. The fraction of sp³-hybridized carbons (Fsp3) is 0.250. The highest BCUT2D eigenvalue weighted by Crippen LogP contribution is 2.35. The van der Waals surface area contributed by atoms with E-state index in [2.05, 4.69) is 15.9 Å². The summed E-state index contributed by atoms with van der Waals surface area (Å²) in [5.41, 5.74) is 7.21. The lowest BCUT2D eigenvalue weighted by atomic mass is 10.0. The number of nitrogens with two attached hydrogens (primary N) is 1. The predicted octanol–water partition coefficient (Wildman–Crippen LogP) is 5.61. The third-order valence-corrected chi connectivity index (χ3v) is 4.56. The van der Waals surface area contributed by atoms with E-state index in [1.54, 1.807) is 18.2 Å². The fourth-order valence-electron chi connectivity index (χ4n) is 1.98. The van der Waals surface area contributed by atoms with Crippen LogP contribution < -0.4 is 10.5 Å². The molecule has 0 bridgehead atoms. The van der Waals surface area contributed by atoms with Crippen molar-refractivity contribution < 1.29 is 4.74 Å². The van der Waals surface area contributed by atoms with Crippen LogP contribution in [0.5, 0.6) is 5.75 Å². The standard InChI is InChI=1S/C16H16BrCl2NO/c1-2-13(20)16(10-6-8-11(17)9-7-10)21-14-5-3-4-12(18)15(14)19/h3-9,13,16H,2,20H2,1H3. The average Bonchev–Trinajstić information content (AvgIpc) is 2.49. The van der Waals surface area contributed by atoms with Gasteiger partial charge in [0.15, 0.2) is 0 Å². The molecule has 21 heavy (non-hydrogen) atoms. The van der Waals surface area contributed by atoms with E-state index in [1.807, 2.05) is 31.2 Å². The molecule has 2 aromatic rings. The summed E-state index contributed by atoms with van der Waals surface area (Å²) in [6.45, 7) is 2.03. The van der Waals surface area contributed by atoms with Crippen molar-refractivity contribution in [3.8, 4) is 5.75 Å². The Morgan fingerprint density at radius 1 is 1.14 bits per heavy atom. The second-order valence-corrected chi connectivity index (χ2v) is 6.41. The smallest absolute Gasteiger partial charge is 0.140 e. The van der Waals surface area contributed by atoms with E-state index >= 15 is 0 Å². The Labute approximate surface area is 143 Å². The van der Waals surface area contributed by atoms with Gasteiger partial charge in [-0.05, 0) is 36.2 Å². The Kier molecular flexibility index (Phi) is 5.94. The van der Waals surface area contributed by atoms with E-state index in [9.17, 15) is 0 Å². The Morgan fingerprint density at radius 2 is 1.81 bits per heavy atom. The molecule has 0 amide bonds. The number of hydrogen-bond acceptors (Lipinski definition) is 2. The minimum Gasteiger partial charge on any atom is -0.482 e. The van der Waals surface area contributed by atoms with Gasteiger partial charge in [-0.25, -0.2) is 0 Å². The van der Waals surface area contributed by atoms with Crippen LogP contribution in [0, 0.1) is 0 Å². The van der Waals surface area contributed by atoms with Crippen LogP contribution in [0.2, 0.25) is 10.0 Å². The Balaban J connectivity index is 2.33. The lowest BCUT2D eigenvalue weighted by Crippen LogP contribution is -2.31. The summed E-state index contributed by atoms with van der Waals surface area (Å²) in [7, 11) is 0. The number of halogens is 3. The van der Waals surface area contributed by atoms with Gasteiger partial charge in [-0.2, -0.15) is 0 Å². The van der Waals surface area contributed by atoms with E-state index in [4.69, 9.17) is 33.7 Å². The molecule has 2 N–H and O–H groups in total. The molecule has 0 aliphatic heterocycles. The van der Waals surface area contributed by atoms with Gasteiger partial charge in [0.05, 0.1) is 5.02 Å². The van der Waals surface area contributed by atoms with Gasteiger partial charge >= 0.3 is 0 Å². The molecule has 2 aromatic carbocycles. The second kappa shape index (κ2) is 7.50. The van der Waals surface area contributed by atoms with Gasteiger partial charge in [-0.3, -0.25) is 0 Å².